The number of nitrogens with one attached hydrogen (secondary N) is 1. The molecule has 1 N–H and O–H groups in total. The van der Waals surface area contributed by atoms with Gasteiger partial charge in [-0.1, -0.05) is 18.2 Å². The number of hydrogen-bond acceptors (Lipinski definition) is 8. The number of anilines is 4. The van der Waals surface area contributed by atoms with Crippen LogP contribution >= 0.6 is 0 Å². The Balaban J connectivity index is 1.31. The average Bonchev–Trinajstić information content (AvgIpc) is 2.84. The van der Waals surface area contributed by atoms with Gasteiger partial charge in [0.2, 0.25) is 17.7 Å². The van der Waals surface area contributed by atoms with E-state index in [0.29, 0.717) is 43.7 Å². The first-order valence-electron chi connectivity index (χ1n) is 11.0. The Morgan fingerprint density at radius 3 is 2.85 bits per heavy atom. The van der Waals surface area contributed by atoms with Crippen LogP contribution in [0.5, 0.6) is 11.6 Å². The van der Waals surface area contributed by atoms with Gasteiger partial charge in [0.1, 0.15) is 6.61 Å². The van der Waals surface area contributed by atoms with Gasteiger partial charge in [0.15, 0.2) is 11.6 Å². The van der Waals surface area contributed by atoms with E-state index in [0.717, 1.165) is 23.6 Å². The van der Waals surface area contributed by atoms with Crippen LogP contribution < -0.4 is 24.6 Å². The number of aryl methyl sites for hydroxylation is 1. The average molecular weight is 447 g/mol. The molecule has 170 valence electrons. The Kier molecular flexibility index (Phi) is 5.68. The summed E-state index contributed by atoms with van der Waals surface area (Å²) in [7, 11) is 1.56. The summed E-state index contributed by atoms with van der Waals surface area (Å²) in [5.74, 6) is 2.42. The van der Waals surface area contributed by atoms with Crippen molar-refractivity contribution in [1.29, 1.82) is 0 Å². The van der Waals surface area contributed by atoms with Crippen LogP contribution in [0.4, 0.5) is 23.1 Å². The lowest BCUT2D eigenvalue weighted by Crippen LogP contribution is -2.43. The second-order valence-corrected chi connectivity index (χ2v) is 8.10. The Labute approximate surface area is 192 Å². The molecule has 9 heteroatoms. The number of pyridine rings is 1. The predicted octanol–water partition coefficient (Wildman–Crippen LogP) is 3.33. The third kappa shape index (κ3) is 4.26. The molecule has 4 heterocycles. The first kappa shape index (κ1) is 21.0. The summed E-state index contributed by atoms with van der Waals surface area (Å²) in [6, 6.07) is 11.8. The molecule has 0 aliphatic carbocycles. The van der Waals surface area contributed by atoms with Gasteiger partial charge in [0.25, 0.3) is 0 Å². The highest BCUT2D eigenvalue weighted by atomic mass is 16.5. The van der Waals surface area contributed by atoms with Crippen molar-refractivity contribution in [2.45, 2.75) is 25.8 Å². The van der Waals surface area contributed by atoms with Gasteiger partial charge in [-0.2, -0.15) is 4.98 Å². The van der Waals surface area contributed by atoms with E-state index in [1.54, 1.807) is 30.5 Å². The second kappa shape index (κ2) is 8.93. The quantitative estimate of drug-likeness (QED) is 0.638. The summed E-state index contributed by atoms with van der Waals surface area (Å²) in [4.78, 5) is 30.1. The number of piperidine rings is 1. The molecule has 1 atom stereocenters. The number of carbonyl (C=O) groups excluding carboxylic acids is 1. The van der Waals surface area contributed by atoms with E-state index in [-0.39, 0.29) is 11.9 Å². The number of benzene rings is 1. The standard InChI is InChI=1S/C24H26N6O3/c1-16-5-3-4-6-19(16)30-11-12-33-20-15-26-24(28-23(20)30)27-17-8-10-29(22(31)13-17)18-7-9-25-21(14-18)32-2/h3-7,9,14-15,17H,8,10-13H2,1-2H3,(H,26,27,28). The van der Waals surface area contributed by atoms with Crippen LogP contribution in [-0.2, 0) is 4.79 Å². The minimum absolute atomic E-state index is 0.0369. The molecule has 1 fully saturated rings. The smallest absolute Gasteiger partial charge is 0.229 e. The number of rotatable bonds is 5. The van der Waals surface area contributed by atoms with Gasteiger partial charge in [-0.15, -0.1) is 0 Å². The monoisotopic (exact) mass is 446 g/mol. The molecular weight excluding hydrogens is 420 g/mol. The highest BCUT2D eigenvalue weighted by molar-refractivity contribution is 5.94. The summed E-state index contributed by atoms with van der Waals surface area (Å²) in [5, 5.41) is 3.35. The molecule has 0 bridgehead atoms. The maximum absolute atomic E-state index is 12.9. The van der Waals surface area contributed by atoms with Crippen LogP contribution in [0.3, 0.4) is 0 Å². The lowest BCUT2D eigenvalue weighted by molar-refractivity contribution is -0.119. The van der Waals surface area contributed by atoms with Crippen molar-refractivity contribution in [2.24, 2.45) is 0 Å². The molecule has 5 rings (SSSR count). The number of carbonyl (C=O) groups is 1. The van der Waals surface area contributed by atoms with Gasteiger partial charge in [-0.25, -0.2) is 9.97 Å². The van der Waals surface area contributed by atoms with Crippen molar-refractivity contribution in [3.05, 3.63) is 54.4 Å². The van der Waals surface area contributed by atoms with Crippen LogP contribution in [0.15, 0.2) is 48.8 Å². The first-order chi connectivity index (χ1) is 16.1. The normalized spacial score (nSPS) is 17.9. The Morgan fingerprint density at radius 1 is 1.15 bits per heavy atom. The molecule has 2 aliphatic rings. The van der Waals surface area contributed by atoms with Crippen LogP contribution in [0.25, 0.3) is 0 Å². The summed E-state index contributed by atoms with van der Waals surface area (Å²) >= 11 is 0. The van der Waals surface area contributed by atoms with Crippen molar-refractivity contribution in [2.75, 3.05) is 41.9 Å². The molecule has 0 saturated carbocycles. The number of ether oxygens (including phenoxy) is 2. The number of hydrogen-bond donors (Lipinski definition) is 1. The zero-order chi connectivity index (χ0) is 22.8. The summed E-state index contributed by atoms with van der Waals surface area (Å²) in [6.07, 6.45) is 4.47. The number of nitrogens with zero attached hydrogens (tertiary/aromatic N) is 5. The third-order valence-corrected chi connectivity index (χ3v) is 5.97. The number of amides is 1. The summed E-state index contributed by atoms with van der Waals surface area (Å²) in [5.41, 5.74) is 3.06. The molecule has 33 heavy (non-hydrogen) atoms. The molecular formula is C24H26N6O3. The van der Waals surface area contributed by atoms with Crippen molar-refractivity contribution in [3.8, 4) is 11.6 Å². The molecule has 9 nitrogen and oxygen atoms in total. The van der Waals surface area contributed by atoms with E-state index in [9.17, 15) is 4.79 Å². The van der Waals surface area contributed by atoms with Crippen molar-refractivity contribution >= 4 is 29.0 Å². The van der Waals surface area contributed by atoms with Crippen molar-refractivity contribution in [3.63, 3.8) is 0 Å². The van der Waals surface area contributed by atoms with Crippen molar-refractivity contribution in [1.82, 2.24) is 15.0 Å². The zero-order valence-corrected chi connectivity index (χ0v) is 18.7. The lowest BCUT2D eigenvalue weighted by Gasteiger charge is -2.33. The molecule has 1 unspecified atom stereocenters. The molecule has 0 spiro atoms. The van der Waals surface area contributed by atoms with Crippen LogP contribution in [-0.4, -0.2) is 53.7 Å². The van der Waals surface area contributed by atoms with Gasteiger partial charge < -0.3 is 24.6 Å². The fourth-order valence-corrected chi connectivity index (χ4v) is 4.27. The molecule has 1 aromatic carbocycles. The largest absolute Gasteiger partial charge is 0.486 e. The maximum Gasteiger partial charge on any atom is 0.229 e. The first-order valence-corrected chi connectivity index (χ1v) is 11.0. The Hall–Kier alpha value is -3.88. The number of methoxy groups -OCH3 is 1. The molecule has 0 radical (unpaired) electrons. The molecule has 1 saturated heterocycles. The van der Waals surface area contributed by atoms with E-state index >= 15 is 0 Å². The van der Waals surface area contributed by atoms with Crippen LogP contribution in [0.1, 0.15) is 18.4 Å². The van der Waals surface area contributed by atoms with E-state index in [1.807, 2.05) is 18.2 Å². The SMILES string of the molecule is COc1cc(N2CCC(Nc3ncc4c(n3)N(c3ccccc3C)CCO4)CC2=O)ccn1. The van der Waals surface area contributed by atoms with E-state index in [1.165, 1.54) is 5.56 Å². The van der Waals surface area contributed by atoms with Gasteiger partial charge in [-0.3, -0.25) is 4.79 Å². The third-order valence-electron chi connectivity index (χ3n) is 5.97. The van der Waals surface area contributed by atoms with Crippen LogP contribution in [0.2, 0.25) is 0 Å². The molecule has 3 aromatic rings. The second-order valence-electron chi connectivity index (χ2n) is 8.10. The van der Waals surface area contributed by atoms with Gasteiger partial charge in [0, 0.05) is 37.0 Å². The lowest BCUT2D eigenvalue weighted by atomic mass is 10.0. The van der Waals surface area contributed by atoms with E-state index in [2.05, 4.69) is 39.2 Å². The van der Waals surface area contributed by atoms with E-state index in [4.69, 9.17) is 14.5 Å². The fraction of sp³-hybridized carbons (Fsp3) is 0.333. The molecule has 2 aliphatic heterocycles. The highest BCUT2D eigenvalue weighted by Gasteiger charge is 2.29. The zero-order valence-electron chi connectivity index (χ0n) is 18.7. The number of fused-ring (bicyclic) bond motifs is 1. The minimum atomic E-state index is -0.0491. The Bertz CT molecular complexity index is 1170. The van der Waals surface area contributed by atoms with Gasteiger partial charge >= 0.3 is 0 Å². The fourth-order valence-electron chi connectivity index (χ4n) is 4.27. The van der Waals surface area contributed by atoms with Gasteiger partial charge in [-0.05, 0) is 31.0 Å². The van der Waals surface area contributed by atoms with Crippen molar-refractivity contribution < 1.29 is 14.3 Å². The summed E-state index contributed by atoms with van der Waals surface area (Å²) < 4.78 is 11.0. The maximum atomic E-state index is 12.9. The number of para-hydroxylation sites is 1. The number of aromatic nitrogens is 3. The topological polar surface area (TPSA) is 92.7 Å². The van der Waals surface area contributed by atoms with E-state index < -0.39 is 0 Å². The predicted molar refractivity (Wildman–Crippen MR) is 125 cm³/mol. The minimum Gasteiger partial charge on any atom is -0.486 e. The van der Waals surface area contributed by atoms with Crippen LogP contribution in [0, 0.1) is 6.92 Å². The molecule has 2 aromatic heterocycles. The van der Waals surface area contributed by atoms with Gasteiger partial charge in [0.05, 0.1) is 25.5 Å². The molecule has 1 amide bonds. The summed E-state index contributed by atoms with van der Waals surface area (Å²) in [6.45, 7) is 3.96. The highest BCUT2D eigenvalue weighted by Crippen LogP contribution is 2.36. The Morgan fingerprint density at radius 2 is 2.03 bits per heavy atom.